The first-order valence-electron chi connectivity index (χ1n) is 11.5. The first-order chi connectivity index (χ1) is 14.7. The number of fused-ring (bicyclic) bond motifs is 2. The van der Waals surface area contributed by atoms with Gasteiger partial charge in [-0.1, -0.05) is 51.1 Å². The van der Waals surface area contributed by atoms with Crippen LogP contribution >= 0.6 is 0 Å². The number of benzene rings is 2. The van der Waals surface area contributed by atoms with Crippen LogP contribution in [0.2, 0.25) is 0 Å². The van der Waals surface area contributed by atoms with Crippen LogP contribution < -0.4 is 9.64 Å². The maximum atomic E-state index is 14.3. The van der Waals surface area contributed by atoms with Crippen molar-refractivity contribution in [2.75, 3.05) is 18.6 Å². The second kappa shape index (κ2) is 7.98. The molecular weight excluding hydrogens is 384 g/mol. The van der Waals surface area contributed by atoms with Crippen molar-refractivity contribution in [1.29, 1.82) is 0 Å². The molecule has 0 aromatic heterocycles. The van der Waals surface area contributed by atoms with Gasteiger partial charge in [0.25, 0.3) is 0 Å². The third kappa shape index (κ3) is 3.76. The first-order valence-corrected chi connectivity index (χ1v) is 11.5. The second-order valence-corrected chi connectivity index (χ2v) is 10.6. The molecule has 2 atom stereocenters. The van der Waals surface area contributed by atoms with E-state index in [1.807, 2.05) is 29.2 Å². The summed E-state index contributed by atoms with van der Waals surface area (Å²) in [6.45, 7) is 12.9. The summed E-state index contributed by atoms with van der Waals surface area (Å²) in [4.78, 5) is 18.9. The van der Waals surface area contributed by atoms with Gasteiger partial charge in [0, 0.05) is 24.3 Å². The summed E-state index contributed by atoms with van der Waals surface area (Å²) in [7, 11) is 1.70. The number of nitrogens with zero attached hydrogens (tertiary/aromatic N) is 2. The van der Waals surface area contributed by atoms with Crippen molar-refractivity contribution >= 4 is 11.6 Å². The van der Waals surface area contributed by atoms with Crippen LogP contribution in [-0.4, -0.2) is 36.5 Å². The van der Waals surface area contributed by atoms with Gasteiger partial charge in [0.1, 0.15) is 5.75 Å². The SMILES string of the molecule is COc1ccc2c(c1)[C@]1(CCN(C(C)C)[C@H]1CC(C)(C)C)C(=O)N2Cc1ccccc1. The van der Waals surface area contributed by atoms with Crippen LogP contribution in [0.25, 0.3) is 0 Å². The van der Waals surface area contributed by atoms with E-state index in [1.165, 1.54) is 0 Å². The number of methoxy groups -OCH3 is 1. The van der Waals surface area contributed by atoms with Crippen LogP contribution in [0.15, 0.2) is 48.5 Å². The Morgan fingerprint density at radius 2 is 1.84 bits per heavy atom. The number of anilines is 1. The molecule has 0 radical (unpaired) electrons. The summed E-state index contributed by atoms with van der Waals surface area (Å²) in [6, 6.07) is 17.1. The lowest BCUT2D eigenvalue weighted by atomic mass is 9.70. The Kier molecular flexibility index (Phi) is 5.63. The number of carbonyl (C=O) groups excluding carboxylic acids is 1. The average molecular weight is 421 g/mol. The maximum Gasteiger partial charge on any atom is 0.239 e. The van der Waals surface area contributed by atoms with E-state index in [2.05, 4.69) is 63.8 Å². The van der Waals surface area contributed by atoms with Crippen molar-refractivity contribution in [3.8, 4) is 5.75 Å². The van der Waals surface area contributed by atoms with Gasteiger partial charge in [0.05, 0.1) is 19.1 Å². The average Bonchev–Trinajstić information content (AvgIpc) is 3.20. The lowest BCUT2D eigenvalue weighted by molar-refractivity contribution is -0.124. The highest BCUT2D eigenvalue weighted by molar-refractivity contribution is 6.09. The van der Waals surface area contributed by atoms with E-state index in [4.69, 9.17) is 4.74 Å². The Bertz CT molecular complexity index is 947. The minimum Gasteiger partial charge on any atom is -0.497 e. The molecule has 0 aliphatic carbocycles. The number of likely N-dealkylation sites (tertiary alicyclic amines) is 1. The summed E-state index contributed by atoms with van der Waals surface area (Å²) in [5.41, 5.74) is 2.95. The Balaban J connectivity index is 1.85. The lowest BCUT2D eigenvalue weighted by Crippen LogP contribution is -2.52. The van der Waals surface area contributed by atoms with Gasteiger partial charge in [-0.05, 0) is 61.4 Å². The zero-order valence-electron chi connectivity index (χ0n) is 19.8. The fourth-order valence-corrected chi connectivity index (χ4v) is 5.59. The fourth-order valence-electron chi connectivity index (χ4n) is 5.59. The van der Waals surface area contributed by atoms with Gasteiger partial charge in [0.15, 0.2) is 0 Å². The molecule has 31 heavy (non-hydrogen) atoms. The molecule has 1 amide bonds. The second-order valence-electron chi connectivity index (χ2n) is 10.6. The number of amides is 1. The molecule has 0 bridgehead atoms. The molecule has 2 aromatic carbocycles. The number of ether oxygens (including phenoxy) is 1. The van der Waals surface area contributed by atoms with Gasteiger partial charge in [-0.25, -0.2) is 0 Å². The van der Waals surface area contributed by atoms with Crippen LogP contribution in [0.4, 0.5) is 5.69 Å². The van der Waals surface area contributed by atoms with E-state index in [1.54, 1.807) is 7.11 Å². The number of hydrogen-bond acceptors (Lipinski definition) is 3. The van der Waals surface area contributed by atoms with Crippen LogP contribution in [0.5, 0.6) is 5.75 Å². The monoisotopic (exact) mass is 420 g/mol. The van der Waals surface area contributed by atoms with Gasteiger partial charge in [-0.3, -0.25) is 9.69 Å². The van der Waals surface area contributed by atoms with E-state index in [0.29, 0.717) is 12.6 Å². The smallest absolute Gasteiger partial charge is 0.239 e. The van der Waals surface area contributed by atoms with Crippen molar-refractivity contribution < 1.29 is 9.53 Å². The van der Waals surface area contributed by atoms with Crippen LogP contribution in [0, 0.1) is 5.41 Å². The number of rotatable bonds is 5. The largest absolute Gasteiger partial charge is 0.497 e. The highest BCUT2D eigenvalue weighted by Gasteiger charge is 2.60. The molecule has 4 heteroatoms. The van der Waals surface area contributed by atoms with Crippen LogP contribution in [0.1, 0.15) is 58.6 Å². The molecule has 2 aliphatic heterocycles. The molecule has 2 heterocycles. The van der Waals surface area contributed by atoms with E-state index in [9.17, 15) is 4.79 Å². The molecule has 2 aromatic rings. The summed E-state index contributed by atoms with van der Waals surface area (Å²) >= 11 is 0. The van der Waals surface area contributed by atoms with Gasteiger partial charge >= 0.3 is 0 Å². The maximum absolute atomic E-state index is 14.3. The van der Waals surface area contributed by atoms with E-state index < -0.39 is 5.41 Å². The highest BCUT2D eigenvalue weighted by Crippen LogP contribution is 2.54. The number of hydrogen-bond donors (Lipinski definition) is 0. The van der Waals surface area contributed by atoms with Crippen molar-refractivity contribution in [3.63, 3.8) is 0 Å². The zero-order chi connectivity index (χ0) is 22.4. The Labute approximate surface area is 187 Å². The van der Waals surface area contributed by atoms with Crippen LogP contribution in [-0.2, 0) is 16.8 Å². The predicted octanol–water partition coefficient (Wildman–Crippen LogP) is 5.40. The Morgan fingerprint density at radius 1 is 1.13 bits per heavy atom. The molecule has 0 saturated carbocycles. The predicted molar refractivity (Wildman–Crippen MR) is 127 cm³/mol. The lowest BCUT2D eigenvalue weighted by Gasteiger charge is -2.40. The number of carbonyl (C=O) groups is 1. The molecule has 166 valence electrons. The molecule has 0 unspecified atom stereocenters. The topological polar surface area (TPSA) is 32.8 Å². The van der Waals surface area contributed by atoms with E-state index in [0.717, 1.165) is 42.0 Å². The normalized spacial score (nSPS) is 23.8. The third-order valence-electron chi connectivity index (χ3n) is 6.99. The summed E-state index contributed by atoms with van der Waals surface area (Å²) in [6.07, 6.45) is 1.84. The van der Waals surface area contributed by atoms with E-state index in [-0.39, 0.29) is 17.4 Å². The zero-order valence-corrected chi connectivity index (χ0v) is 19.8. The summed E-state index contributed by atoms with van der Waals surface area (Å²) < 4.78 is 5.60. The Morgan fingerprint density at radius 3 is 2.45 bits per heavy atom. The van der Waals surface area contributed by atoms with Gasteiger partial charge in [-0.15, -0.1) is 0 Å². The minimum absolute atomic E-state index is 0.126. The van der Waals surface area contributed by atoms with Gasteiger partial charge < -0.3 is 9.64 Å². The van der Waals surface area contributed by atoms with Gasteiger partial charge in [0.2, 0.25) is 5.91 Å². The van der Waals surface area contributed by atoms with Crippen molar-refractivity contribution in [1.82, 2.24) is 4.90 Å². The summed E-state index contributed by atoms with van der Waals surface area (Å²) in [5, 5.41) is 0. The molecule has 4 nitrogen and oxygen atoms in total. The molecular formula is C27H36N2O2. The fraction of sp³-hybridized carbons (Fsp3) is 0.519. The quantitative estimate of drug-likeness (QED) is 0.649. The Hall–Kier alpha value is -2.33. The first kappa shape index (κ1) is 21.9. The van der Waals surface area contributed by atoms with Crippen molar-refractivity contribution in [3.05, 3.63) is 59.7 Å². The molecule has 1 fully saturated rings. The molecule has 1 saturated heterocycles. The third-order valence-corrected chi connectivity index (χ3v) is 6.99. The summed E-state index contributed by atoms with van der Waals surface area (Å²) in [5.74, 6) is 1.07. The van der Waals surface area contributed by atoms with Gasteiger partial charge in [-0.2, -0.15) is 0 Å². The molecule has 2 aliphatic rings. The minimum atomic E-state index is -0.518. The van der Waals surface area contributed by atoms with E-state index >= 15 is 0 Å². The molecule has 4 rings (SSSR count). The van der Waals surface area contributed by atoms with Crippen molar-refractivity contribution in [2.45, 2.75) is 71.5 Å². The van der Waals surface area contributed by atoms with Crippen molar-refractivity contribution in [2.24, 2.45) is 5.41 Å². The van der Waals surface area contributed by atoms with Crippen LogP contribution in [0.3, 0.4) is 0 Å². The highest BCUT2D eigenvalue weighted by atomic mass is 16.5. The standard InChI is InChI=1S/C27H36N2O2/c1-19(2)28-15-14-27(24(28)17-26(3,4)5)22-16-21(31-6)12-13-23(22)29(25(27)30)18-20-10-8-7-9-11-20/h7-13,16,19,24H,14-15,17-18H2,1-6H3/t24-,27-/m0/s1. The molecule has 0 N–H and O–H groups in total. The molecule has 1 spiro atoms.